The van der Waals surface area contributed by atoms with Gasteiger partial charge in [-0.05, 0) is 26.0 Å². The highest BCUT2D eigenvalue weighted by atomic mass is 16.5. The van der Waals surface area contributed by atoms with Crippen molar-refractivity contribution in [1.82, 2.24) is 10.6 Å². The van der Waals surface area contributed by atoms with E-state index in [4.69, 9.17) is 14.2 Å². The lowest BCUT2D eigenvalue weighted by atomic mass is 10.1. The van der Waals surface area contributed by atoms with Gasteiger partial charge in [0.2, 0.25) is 0 Å². The van der Waals surface area contributed by atoms with E-state index in [0.717, 1.165) is 6.08 Å². The molecule has 0 atom stereocenters. The number of nitrogens with one attached hydrogen (secondary N) is 2. The van der Waals surface area contributed by atoms with Gasteiger partial charge >= 0.3 is 12.0 Å². The summed E-state index contributed by atoms with van der Waals surface area (Å²) >= 11 is 0. The van der Waals surface area contributed by atoms with Crippen molar-refractivity contribution in [2.45, 2.75) is 19.9 Å². The summed E-state index contributed by atoms with van der Waals surface area (Å²) in [6.45, 7) is 2.94. The van der Waals surface area contributed by atoms with Crippen LogP contribution in [-0.2, 0) is 14.3 Å². The first-order chi connectivity index (χ1) is 11.9. The fourth-order valence-electron chi connectivity index (χ4n) is 1.85. The first kappa shape index (κ1) is 20.0. The average Bonchev–Trinajstić information content (AvgIpc) is 2.56. The number of ether oxygens (including phenoxy) is 3. The number of hydrogen-bond donors (Lipinski definition) is 2. The van der Waals surface area contributed by atoms with Crippen molar-refractivity contribution in [3.05, 3.63) is 29.8 Å². The van der Waals surface area contributed by atoms with E-state index in [1.54, 1.807) is 32.0 Å². The van der Waals surface area contributed by atoms with E-state index >= 15 is 0 Å². The molecule has 0 spiro atoms. The third kappa shape index (κ3) is 6.94. The summed E-state index contributed by atoms with van der Waals surface area (Å²) in [5, 5.41) is 4.53. The molecule has 0 bridgehead atoms. The number of rotatable bonds is 7. The van der Waals surface area contributed by atoms with E-state index in [2.05, 4.69) is 5.32 Å². The van der Waals surface area contributed by atoms with Crippen molar-refractivity contribution >= 4 is 24.0 Å². The number of methoxy groups -OCH3 is 2. The van der Waals surface area contributed by atoms with Crippen LogP contribution in [0.5, 0.6) is 11.5 Å². The van der Waals surface area contributed by atoms with Crippen molar-refractivity contribution in [2.24, 2.45) is 0 Å². The number of hydrogen-bond acceptors (Lipinski definition) is 6. The molecule has 0 saturated carbocycles. The Morgan fingerprint density at radius 3 is 2.48 bits per heavy atom. The van der Waals surface area contributed by atoms with Gasteiger partial charge in [0.1, 0.15) is 0 Å². The summed E-state index contributed by atoms with van der Waals surface area (Å²) in [5.41, 5.74) is 0.611. The van der Waals surface area contributed by atoms with Crippen LogP contribution in [0, 0.1) is 0 Å². The molecule has 1 aromatic carbocycles. The van der Waals surface area contributed by atoms with Crippen LogP contribution in [0.15, 0.2) is 24.3 Å². The Hall–Kier alpha value is -3.03. The largest absolute Gasteiger partial charge is 0.493 e. The van der Waals surface area contributed by atoms with Gasteiger partial charge < -0.3 is 19.5 Å². The molecule has 3 amide bonds. The van der Waals surface area contributed by atoms with E-state index in [1.807, 2.05) is 5.32 Å². The van der Waals surface area contributed by atoms with Crippen molar-refractivity contribution in [3.63, 3.8) is 0 Å². The van der Waals surface area contributed by atoms with Crippen LogP contribution < -0.4 is 20.1 Å². The molecule has 0 saturated heterocycles. The fraction of sp³-hybridized carbons (Fsp3) is 0.353. The van der Waals surface area contributed by atoms with Crippen molar-refractivity contribution < 1.29 is 28.6 Å². The van der Waals surface area contributed by atoms with E-state index in [0.29, 0.717) is 17.1 Å². The number of esters is 1. The lowest BCUT2D eigenvalue weighted by molar-refractivity contribution is -0.143. The van der Waals surface area contributed by atoms with Gasteiger partial charge in [-0.25, -0.2) is 9.59 Å². The van der Waals surface area contributed by atoms with Crippen LogP contribution in [0.1, 0.15) is 19.4 Å². The van der Waals surface area contributed by atoms with Crippen molar-refractivity contribution in [2.75, 3.05) is 20.8 Å². The van der Waals surface area contributed by atoms with Gasteiger partial charge in [-0.2, -0.15) is 0 Å². The standard InChI is InChI=1S/C17H22N2O6/c1-11(2)18-17(22)19-14(20)10-25-15(21)9-8-12-6-5-7-13(23-3)16(12)24-4/h5-9,11H,10H2,1-4H3,(H2,18,19,20,22)/b9-8+. The zero-order chi connectivity index (χ0) is 18.8. The molecular formula is C17H22N2O6. The molecule has 0 aliphatic carbocycles. The van der Waals surface area contributed by atoms with Gasteiger partial charge in [-0.1, -0.05) is 12.1 Å². The summed E-state index contributed by atoms with van der Waals surface area (Å²) in [7, 11) is 2.99. The molecule has 8 nitrogen and oxygen atoms in total. The minimum Gasteiger partial charge on any atom is -0.493 e. The summed E-state index contributed by atoms with van der Waals surface area (Å²) in [4.78, 5) is 34.5. The summed E-state index contributed by atoms with van der Waals surface area (Å²) in [6.07, 6.45) is 2.63. The van der Waals surface area contributed by atoms with E-state index < -0.39 is 24.5 Å². The van der Waals surface area contributed by atoms with E-state index in [9.17, 15) is 14.4 Å². The quantitative estimate of drug-likeness (QED) is 0.570. The second-order valence-corrected chi connectivity index (χ2v) is 5.20. The average molecular weight is 350 g/mol. The lowest BCUT2D eigenvalue weighted by Gasteiger charge is -2.10. The molecule has 0 fully saturated rings. The van der Waals surface area contributed by atoms with E-state index in [1.165, 1.54) is 20.3 Å². The Morgan fingerprint density at radius 2 is 1.88 bits per heavy atom. The fourth-order valence-corrected chi connectivity index (χ4v) is 1.85. The molecule has 0 aliphatic heterocycles. The van der Waals surface area contributed by atoms with Crippen LogP contribution in [0.2, 0.25) is 0 Å². The molecule has 1 rings (SSSR count). The Labute approximate surface area is 146 Å². The smallest absolute Gasteiger partial charge is 0.331 e. The molecule has 0 aromatic heterocycles. The molecule has 0 aliphatic rings. The number of amides is 3. The molecule has 0 unspecified atom stereocenters. The predicted molar refractivity (Wildman–Crippen MR) is 91.3 cm³/mol. The molecule has 2 N–H and O–H groups in total. The van der Waals surface area contributed by atoms with Gasteiger partial charge in [-0.3, -0.25) is 10.1 Å². The monoisotopic (exact) mass is 350 g/mol. The lowest BCUT2D eigenvalue weighted by Crippen LogP contribution is -2.43. The Morgan fingerprint density at radius 1 is 1.16 bits per heavy atom. The maximum atomic E-state index is 11.7. The number of para-hydroxylation sites is 1. The molecule has 0 radical (unpaired) electrons. The second kappa shape index (κ2) is 9.96. The number of carbonyl (C=O) groups excluding carboxylic acids is 3. The third-order valence-electron chi connectivity index (χ3n) is 2.85. The summed E-state index contributed by atoms with van der Waals surface area (Å²) in [6, 6.07) is 4.44. The molecule has 136 valence electrons. The molecule has 0 heterocycles. The summed E-state index contributed by atoms with van der Waals surface area (Å²) < 4.78 is 15.2. The maximum absolute atomic E-state index is 11.7. The molecule has 8 heteroatoms. The minimum absolute atomic E-state index is 0.115. The number of imide groups is 1. The topological polar surface area (TPSA) is 103 Å². The maximum Gasteiger partial charge on any atom is 0.331 e. The Kier molecular flexibility index (Phi) is 7.98. The first-order valence-electron chi connectivity index (χ1n) is 7.53. The van der Waals surface area contributed by atoms with Crippen LogP contribution >= 0.6 is 0 Å². The second-order valence-electron chi connectivity index (χ2n) is 5.20. The number of urea groups is 1. The van der Waals surface area contributed by atoms with Gasteiger partial charge in [0.15, 0.2) is 18.1 Å². The normalized spacial score (nSPS) is 10.4. The number of benzene rings is 1. The third-order valence-corrected chi connectivity index (χ3v) is 2.85. The van der Waals surface area contributed by atoms with Crippen LogP contribution in [-0.4, -0.2) is 44.8 Å². The zero-order valence-corrected chi connectivity index (χ0v) is 14.6. The Balaban J connectivity index is 2.56. The zero-order valence-electron chi connectivity index (χ0n) is 14.6. The highest BCUT2D eigenvalue weighted by Gasteiger charge is 2.11. The van der Waals surface area contributed by atoms with Crippen molar-refractivity contribution in [1.29, 1.82) is 0 Å². The van der Waals surface area contributed by atoms with Crippen LogP contribution in [0.4, 0.5) is 4.79 Å². The summed E-state index contributed by atoms with van der Waals surface area (Å²) in [5.74, 6) is -0.464. The minimum atomic E-state index is -0.732. The highest BCUT2D eigenvalue weighted by Crippen LogP contribution is 2.31. The molecule has 25 heavy (non-hydrogen) atoms. The number of carbonyl (C=O) groups is 3. The SMILES string of the molecule is COc1cccc(/C=C/C(=O)OCC(=O)NC(=O)NC(C)C)c1OC. The highest BCUT2D eigenvalue weighted by molar-refractivity contribution is 5.96. The van der Waals surface area contributed by atoms with Gasteiger partial charge in [-0.15, -0.1) is 0 Å². The predicted octanol–water partition coefficient (Wildman–Crippen LogP) is 1.49. The molecular weight excluding hydrogens is 328 g/mol. The van der Waals surface area contributed by atoms with Gasteiger partial charge in [0, 0.05) is 17.7 Å². The molecule has 1 aromatic rings. The van der Waals surface area contributed by atoms with Crippen LogP contribution in [0.3, 0.4) is 0 Å². The van der Waals surface area contributed by atoms with E-state index in [-0.39, 0.29) is 6.04 Å². The van der Waals surface area contributed by atoms with Crippen LogP contribution in [0.25, 0.3) is 6.08 Å². The van der Waals surface area contributed by atoms with Crippen molar-refractivity contribution in [3.8, 4) is 11.5 Å². The Bertz CT molecular complexity index is 655. The van der Waals surface area contributed by atoms with Gasteiger partial charge in [0.25, 0.3) is 5.91 Å². The first-order valence-corrected chi connectivity index (χ1v) is 7.53. The van der Waals surface area contributed by atoms with Gasteiger partial charge in [0.05, 0.1) is 14.2 Å².